The summed E-state index contributed by atoms with van der Waals surface area (Å²) >= 11 is 0. The Kier molecular flexibility index (Phi) is 4.28. The average Bonchev–Trinajstić information content (AvgIpc) is 2.41. The second kappa shape index (κ2) is 5.93. The molecule has 0 unspecified atom stereocenters. The van der Waals surface area contributed by atoms with E-state index in [1.165, 1.54) is 7.11 Å². The van der Waals surface area contributed by atoms with Gasteiger partial charge in [0, 0.05) is 38.9 Å². The first-order valence-corrected chi connectivity index (χ1v) is 6.14. The van der Waals surface area contributed by atoms with Crippen molar-refractivity contribution >= 4 is 5.97 Å². The van der Waals surface area contributed by atoms with Crippen LogP contribution in [0, 0.1) is 0 Å². The van der Waals surface area contributed by atoms with Gasteiger partial charge < -0.3 is 9.64 Å². The zero-order valence-electron chi connectivity index (χ0n) is 10.9. The van der Waals surface area contributed by atoms with Gasteiger partial charge in [-0.3, -0.25) is 4.90 Å². The van der Waals surface area contributed by atoms with Crippen LogP contribution < -0.4 is 0 Å². The molecule has 5 nitrogen and oxygen atoms in total. The number of aromatic nitrogens is 1. The van der Waals surface area contributed by atoms with E-state index in [2.05, 4.69) is 21.8 Å². The van der Waals surface area contributed by atoms with Crippen LogP contribution in [0.1, 0.15) is 16.1 Å². The van der Waals surface area contributed by atoms with E-state index < -0.39 is 0 Å². The lowest BCUT2D eigenvalue weighted by atomic mass is 10.1. The number of hydrogen-bond acceptors (Lipinski definition) is 5. The highest BCUT2D eigenvalue weighted by Gasteiger charge is 2.18. The molecular weight excluding hydrogens is 230 g/mol. The fraction of sp³-hybridized carbons (Fsp3) is 0.538. The minimum Gasteiger partial charge on any atom is -0.464 e. The van der Waals surface area contributed by atoms with Gasteiger partial charge in [0.25, 0.3) is 0 Å². The molecule has 1 fully saturated rings. The van der Waals surface area contributed by atoms with E-state index in [9.17, 15) is 4.79 Å². The molecule has 1 saturated heterocycles. The van der Waals surface area contributed by atoms with Crippen molar-refractivity contribution in [1.29, 1.82) is 0 Å². The normalized spacial score (nSPS) is 17.7. The van der Waals surface area contributed by atoms with Gasteiger partial charge in [0.2, 0.25) is 0 Å². The zero-order chi connectivity index (χ0) is 13.0. The van der Waals surface area contributed by atoms with Crippen LogP contribution in [-0.4, -0.2) is 61.1 Å². The summed E-state index contributed by atoms with van der Waals surface area (Å²) in [6.07, 6.45) is 1.62. The van der Waals surface area contributed by atoms with Gasteiger partial charge in [-0.1, -0.05) is 6.07 Å². The van der Waals surface area contributed by atoms with E-state index in [0.29, 0.717) is 5.69 Å². The van der Waals surface area contributed by atoms with E-state index in [-0.39, 0.29) is 5.97 Å². The Bertz CT molecular complexity index is 414. The van der Waals surface area contributed by atoms with Crippen LogP contribution in [0.2, 0.25) is 0 Å². The molecule has 0 saturated carbocycles. The van der Waals surface area contributed by atoms with E-state index in [1.54, 1.807) is 6.20 Å². The Labute approximate surface area is 107 Å². The monoisotopic (exact) mass is 249 g/mol. The molecule has 0 radical (unpaired) electrons. The maximum atomic E-state index is 11.6. The van der Waals surface area contributed by atoms with Gasteiger partial charge in [0.1, 0.15) is 0 Å². The highest BCUT2D eigenvalue weighted by Crippen LogP contribution is 2.11. The molecule has 0 amide bonds. The Morgan fingerprint density at radius 1 is 1.39 bits per heavy atom. The lowest BCUT2D eigenvalue weighted by Crippen LogP contribution is -2.44. The number of rotatable bonds is 3. The summed E-state index contributed by atoms with van der Waals surface area (Å²) in [5, 5.41) is 0. The number of ether oxygens (including phenoxy) is 1. The number of piperazine rings is 1. The average molecular weight is 249 g/mol. The van der Waals surface area contributed by atoms with Crippen molar-refractivity contribution in [3.8, 4) is 0 Å². The van der Waals surface area contributed by atoms with Crippen LogP contribution in [0.5, 0.6) is 0 Å². The van der Waals surface area contributed by atoms with Crippen LogP contribution in [0.3, 0.4) is 0 Å². The third-order valence-electron chi connectivity index (χ3n) is 3.26. The van der Waals surface area contributed by atoms with Crippen LogP contribution in [0.15, 0.2) is 18.3 Å². The summed E-state index contributed by atoms with van der Waals surface area (Å²) in [5.74, 6) is -0.361. The number of carbonyl (C=O) groups excluding carboxylic acids is 1. The van der Waals surface area contributed by atoms with Gasteiger partial charge >= 0.3 is 5.97 Å². The predicted octanol–water partition coefficient (Wildman–Crippen LogP) is 0.616. The van der Waals surface area contributed by atoms with E-state index in [1.807, 2.05) is 12.1 Å². The molecule has 0 bridgehead atoms. The van der Waals surface area contributed by atoms with Gasteiger partial charge in [-0.2, -0.15) is 0 Å². The molecule has 2 rings (SSSR count). The molecule has 0 atom stereocenters. The smallest absolute Gasteiger partial charge is 0.356 e. The lowest BCUT2D eigenvalue weighted by molar-refractivity contribution is 0.0590. The van der Waals surface area contributed by atoms with Crippen LogP contribution in [0.25, 0.3) is 0 Å². The van der Waals surface area contributed by atoms with Crippen molar-refractivity contribution < 1.29 is 9.53 Å². The minimum absolute atomic E-state index is 0.361. The molecule has 1 aromatic heterocycles. The molecule has 18 heavy (non-hydrogen) atoms. The molecule has 0 aromatic carbocycles. The fourth-order valence-electron chi connectivity index (χ4n) is 2.09. The highest BCUT2D eigenvalue weighted by atomic mass is 16.5. The number of carbonyl (C=O) groups is 1. The quantitative estimate of drug-likeness (QED) is 0.735. The summed E-state index contributed by atoms with van der Waals surface area (Å²) in [6, 6.07) is 3.80. The van der Waals surface area contributed by atoms with Gasteiger partial charge in [0.05, 0.1) is 7.11 Å². The number of likely N-dealkylation sites (N-methyl/N-ethyl adjacent to an activating group) is 1. The molecule has 1 aliphatic rings. The van der Waals surface area contributed by atoms with Crippen molar-refractivity contribution in [3.05, 3.63) is 29.6 Å². The standard InChI is InChI=1S/C13H19N3O2/c1-15-6-8-16(9-7-15)10-11-4-3-5-14-12(11)13(17)18-2/h3-5H,6-10H2,1-2H3. The van der Waals surface area contributed by atoms with Gasteiger partial charge in [0.15, 0.2) is 5.69 Å². The lowest BCUT2D eigenvalue weighted by Gasteiger charge is -2.32. The summed E-state index contributed by atoms with van der Waals surface area (Å²) in [7, 11) is 3.51. The van der Waals surface area contributed by atoms with Crippen molar-refractivity contribution in [2.24, 2.45) is 0 Å². The zero-order valence-corrected chi connectivity index (χ0v) is 10.9. The van der Waals surface area contributed by atoms with Crippen molar-refractivity contribution in [3.63, 3.8) is 0 Å². The van der Waals surface area contributed by atoms with Gasteiger partial charge in [-0.05, 0) is 18.7 Å². The van der Waals surface area contributed by atoms with E-state index >= 15 is 0 Å². The Balaban J connectivity index is 2.07. The maximum Gasteiger partial charge on any atom is 0.356 e. The van der Waals surface area contributed by atoms with Gasteiger partial charge in [-0.15, -0.1) is 0 Å². The first kappa shape index (κ1) is 13.0. The van der Waals surface area contributed by atoms with E-state index in [4.69, 9.17) is 4.74 Å². The summed E-state index contributed by atoms with van der Waals surface area (Å²) in [6.45, 7) is 4.92. The fourth-order valence-corrected chi connectivity index (χ4v) is 2.09. The molecule has 0 spiro atoms. The minimum atomic E-state index is -0.361. The number of methoxy groups -OCH3 is 1. The molecule has 5 heteroatoms. The molecule has 0 aliphatic carbocycles. The molecule has 98 valence electrons. The van der Waals surface area contributed by atoms with E-state index in [0.717, 1.165) is 38.3 Å². The summed E-state index contributed by atoms with van der Waals surface area (Å²) in [4.78, 5) is 20.4. The first-order valence-electron chi connectivity index (χ1n) is 6.14. The molecule has 1 aromatic rings. The van der Waals surface area contributed by atoms with Crippen LogP contribution in [-0.2, 0) is 11.3 Å². The third-order valence-corrected chi connectivity index (χ3v) is 3.26. The topological polar surface area (TPSA) is 45.7 Å². The molecule has 0 N–H and O–H groups in total. The first-order chi connectivity index (χ1) is 8.70. The second-order valence-electron chi connectivity index (χ2n) is 4.58. The second-order valence-corrected chi connectivity index (χ2v) is 4.58. The largest absolute Gasteiger partial charge is 0.464 e. The highest BCUT2D eigenvalue weighted by molar-refractivity contribution is 5.88. The number of hydrogen-bond donors (Lipinski definition) is 0. The number of pyridine rings is 1. The molecular formula is C13H19N3O2. The summed E-state index contributed by atoms with van der Waals surface area (Å²) in [5.41, 5.74) is 1.37. The Hall–Kier alpha value is -1.46. The molecule has 2 heterocycles. The molecule has 1 aliphatic heterocycles. The van der Waals surface area contributed by atoms with Crippen LogP contribution >= 0.6 is 0 Å². The van der Waals surface area contributed by atoms with Gasteiger partial charge in [-0.25, -0.2) is 9.78 Å². The maximum absolute atomic E-state index is 11.6. The SMILES string of the molecule is COC(=O)c1ncccc1CN1CCN(C)CC1. The Morgan fingerprint density at radius 2 is 2.11 bits per heavy atom. The van der Waals surface area contributed by atoms with Crippen LogP contribution in [0.4, 0.5) is 0 Å². The summed E-state index contributed by atoms with van der Waals surface area (Å²) < 4.78 is 4.75. The predicted molar refractivity (Wildman–Crippen MR) is 68.4 cm³/mol. The van der Waals surface area contributed by atoms with Crippen molar-refractivity contribution in [2.45, 2.75) is 6.54 Å². The van der Waals surface area contributed by atoms with Crippen molar-refractivity contribution in [1.82, 2.24) is 14.8 Å². The third kappa shape index (κ3) is 3.05. The Morgan fingerprint density at radius 3 is 2.78 bits per heavy atom. The number of nitrogens with zero attached hydrogens (tertiary/aromatic N) is 3. The number of esters is 1. The van der Waals surface area contributed by atoms with Crippen molar-refractivity contribution in [2.75, 3.05) is 40.3 Å².